The molecule has 0 aliphatic carbocycles. The first kappa shape index (κ1) is 15.0. The lowest BCUT2D eigenvalue weighted by atomic mass is 9.96. The van der Waals surface area contributed by atoms with Crippen molar-refractivity contribution in [3.05, 3.63) is 17.5 Å². The van der Waals surface area contributed by atoms with Crippen LogP contribution in [-0.2, 0) is 24.7 Å². The lowest BCUT2D eigenvalue weighted by Crippen LogP contribution is -2.42. The van der Waals surface area contributed by atoms with Gasteiger partial charge in [0.2, 0.25) is 5.91 Å². The number of hydrogen-bond acceptors (Lipinski definition) is 3. The van der Waals surface area contributed by atoms with E-state index in [1.54, 1.807) is 0 Å². The van der Waals surface area contributed by atoms with Gasteiger partial charge in [-0.2, -0.15) is 5.10 Å². The molecular weight excluding hydrogens is 252 g/mol. The molecule has 20 heavy (non-hydrogen) atoms. The molecule has 1 unspecified atom stereocenters. The Labute approximate surface area is 121 Å². The first-order chi connectivity index (χ1) is 9.65. The molecule has 0 bridgehead atoms. The van der Waals surface area contributed by atoms with Crippen LogP contribution in [0.3, 0.4) is 0 Å². The Morgan fingerprint density at radius 1 is 1.40 bits per heavy atom. The van der Waals surface area contributed by atoms with Gasteiger partial charge in [-0.1, -0.05) is 6.92 Å². The highest BCUT2D eigenvalue weighted by atomic mass is 16.2. The number of piperidine rings is 1. The van der Waals surface area contributed by atoms with Crippen molar-refractivity contribution >= 4 is 5.91 Å². The van der Waals surface area contributed by atoms with Crippen LogP contribution in [0, 0.1) is 5.92 Å². The molecule has 112 valence electrons. The molecule has 2 heterocycles. The molecule has 0 spiro atoms. The third-order valence-electron chi connectivity index (χ3n) is 4.09. The van der Waals surface area contributed by atoms with Gasteiger partial charge >= 0.3 is 0 Å². The van der Waals surface area contributed by atoms with Crippen molar-refractivity contribution in [3.63, 3.8) is 0 Å². The lowest BCUT2D eigenvalue weighted by Gasteiger charge is -2.30. The fraction of sp³-hybridized carbons (Fsp3) is 0.733. The van der Waals surface area contributed by atoms with Crippen LogP contribution >= 0.6 is 0 Å². The van der Waals surface area contributed by atoms with Crippen molar-refractivity contribution in [1.82, 2.24) is 14.7 Å². The van der Waals surface area contributed by atoms with Gasteiger partial charge in [0.15, 0.2) is 0 Å². The van der Waals surface area contributed by atoms with Gasteiger partial charge in [-0.3, -0.25) is 9.48 Å². The number of nitrogens with zero attached hydrogens (tertiary/aromatic N) is 3. The van der Waals surface area contributed by atoms with Gasteiger partial charge in [0.05, 0.1) is 11.6 Å². The summed E-state index contributed by atoms with van der Waals surface area (Å²) in [4.78, 5) is 14.5. The van der Waals surface area contributed by atoms with E-state index in [2.05, 4.69) is 12.0 Å². The number of likely N-dealkylation sites (tertiary alicyclic amines) is 1. The lowest BCUT2D eigenvalue weighted by molar-refractivity contribution is -0.136. The summed E-state index contributed by atoms with van der Waals surface area (Å²) in [5.41, 5.74) is 8.10. The Balaban J connectivity index is 2.05. The Bertz CT molecular complexity index is 449. The number of aryl methyl sites for hydroxylation is 2. The van der Waals surface area contributed by atoms with Crippen molar-refractivity contribution in [2.24, 2.45) is 18.7 Å². The third kappa shape index (κ3) is 3.39. The number of carbonyl (C=O) groups excluding carboxylic acids is 1. The van der Waals surface area contributed by atoms with Crippen molar-refractivity contribution in [1.29, 1.82) is 0 Å². The molecule has 1 fully saturated rings. The molecule has 1 aromatic rings. The fourth-order valence-electron chi connectivity index (χ4n) is 2.96. The zero-order chi connectivity index (χ0) is 14.5. The van der Waals surface area contributed by atoms with Crippen LogP contribution in [0.1, 0.15) is 37.4 Å². The molecule has 2 N–H and O–H groups in total. The van der Waals surface area contributed by atoms with E-state index < -0.39 is 0 Å². The molecule has 1 atom stereocenters. The van der Waals surface area contributed by atoms with Gasteiger partial charge in [0.25, 0.3) is 0 Å². The molecule has 1 aromatic heterocycles. The molecule has 0 radical (unpaired) electrons. The SMILES string of the molecule is CCc1nn(C)cc1CC(CN)C(=O)N1CCCCC1. The Hall–Kier alpha value is -1.36. The van der Waals surface area contributed by atoms with Crippen molar-refractivity contribution in [2.75, 3.05) is 19.6 Å². The normalized spacial score (nSPS) is 17.2. The van der Waals surface area contributed by atoms with Gasteiger partial charge < -0.3 is 10.6 Å². The van der Waals surface area contributed by atoms with E-state index in [1.807, 2.05) is 22.8 Å². The molecule has 1 aliphatic heterocycles. The minimum absolute atomic E-state index is 0.109. The average Bonchev–Trinajstić information content (AvgIpc) is 2.84. The number of carbonyl (C=O) groups is 1. The molecule has 1 aliphatic rings. The van der Waals surface area contributed by atoms with Gasteiger partial charge in [-0.05, 0) is 37.7 Å². The van der Waals surface area contributed by atoms with Crippen LogP contribution < -0.4 is 5.73 Å². The molecule has 1 saturated heterocycles. The molecular formula is C15H26N4O. The van der Waals surface area contributed by atoms with Crippen molar-refractivity contribution in [2.45, 2.75) is 39.0 Å². The van der Waals surface area contributed by atoms with Crippen LogP contribution in [0.4, 0.5) is 0 Å². The number of aromatic nitrogens is 2. The third-order valence-corrected chi connectivity index (χ3v) is 4.09. The van der Waals surface area contributed by atoms with Crippen molar-refractivity contribution in [3.8, 4) is 0 Å². The molecule has 0 aromatic carbocycles. The summed E-state index contributed by atoms with van der Waals surface area (Å²) < 4.78 is 1.83. The molecule has 1 amide bonds. The fourth-order valence-corrected chi connectivity index (χ4v) is 2.96. The quantitative estimate of drug-likeness (QED) is 0.877. The Morgan fingerprint density at radius 3 is 2.70 bits per heavy atom. The second-order valence-electron chi connectivity index (χ2n) is 5.65. The highest BCUT2D eigenvalue weighted by Gasteiger charge is 2.25. The highest BCUT2D eigenvalue weighted by molar-refractivity contribution is 5.79. The zero-order valence-corrected chi connectivity index (χ0v) is 12.6. The van der Waals surface area contributed by atoms with Gasteiger partial charge in [0, 0.05) is 32.9 Å². The second kappa shape index (κ2) is 6.88. The van der Waals surface area contributed by atoms with Gasteiger partial charge in [0.1, 0.15) is 0 Å². The number of rotatable bonds is 5. The smallest absolute Gasteiger partial charge is 0.227 e. The van der Waals surface area contributed by atoms with Crippen LogP contribution in [0.5, 0.6) is 0 Å². The molecule has 5 heteroatoms. The molecule has 0 saturated carbocycles. The maximum Gasteiger partial charge on any atom is 0.227 e. The minimum Gasteiger partial charge on any atom is -0.342 e. The zero-order valence-electron chi connectivity index (χ0n) is 12.6. The van der Waals surface area contributed by atoms with E-state index in [9.17, 15) is 4.79 Å². The standard InChI is InChI=1S/C15H26N4O/c1-3-14-13(11-18(2)17-14)9-12(10-16)15(20)19-7-5-4-6-8-19/h11-12H,3-10,16H2,1-2H3. The number of amides is 1. The Morgan fingerprint density at radius 2 is 2.10 bits per heavy atom. The number of nitrogens with two attached hydrogens (primary N) is 1. The predicted molar refractivity (Wildman–Crippen MR) is 79.3 cm³/mol. The summed E-state index contributed by atoms with van der Waals surface area (Å²) in [6.45, 7) is 4.29. The average molecular weight is 278 g/mol. The van der Waals surface area contributed by atoms with Gasteiger partial charge in [-0.25, -0.2) is 0 Å². The van der Waals surface area contributed by atoms with E-state index in [-0.39, 0.29) is 11.8 Å². The monoisotopic (exact) mass is 278 g/mol. The largest absolute Gasteiger partial charge is 0.342 e. The summed E-state index contributed by atoms with van der Waals surface area (Å²) in [5.74, 6) is 0.112. The van der Waals surface area contributed by atoms with Gasteiger partial charge in [-0.15, -0.1) is 0 Å². The van der Waals surface area contributed by atoms with E-state index >= 15 is 0 Å². The maximum atomic E-state index is 12.6. The summed E-state index contributed by atoms with van der Waals surface area (Å²) in [6.07, 6.45) is 7.10. The van der Waals surface area contributed by atoms with E-state index in [1.165, 1.54) is 6.42 Å². The van der Waals surface area contributed by atoms with Crippen LogP contribution in [0.2, 0.25) is 0 Å². The van der Waals surface area contributed by atoms with Crippen LogP contribution in [0.25, 0.3) is 0 Å². The topological polar surface area (TPSA) is 64.2 Å². The maximum absolute atomic E-state index is 12.6. The minimum atomic E-state index is -0.109. The summed E-state index contributed by atoms with van der Waals surface area (Å²) in [5, 5.41) is 4.44. The first-order valence-corrected chi connectivity index (χ1v) is 7.66. The van der Waals surface area contributed by atoms with Crippen molar-refractivity contribution < 1.29 is 4.79 Å². The van der Waals surface area contributed by atoms with Crippen LogP contribution in [-0.4, -0.2) is 40.2 Å². The van der Waals surface area contributed by atoms with E-state index in [0.717, 1.165) is 43.6 Å². The van der Waals surface area contributed by atoms with E-state index in [0.29, 0.717) is 13.0 Å². The molecule has 5 nitrogen and oxygen atoms in total. The Kier molecular flexibility index (Phi) is 5.17. The number of hydrogen-bond donors (Lipinski definition) is 1. The first-order valence-electron chi connectivity index (χ1n) is 7.66. The van der Waals surface area contributed by atoms with Crippen LogP contribution in [0.15, 0.2) is 6.20 Å². The molecule has 2 rings (SSSR count). The second-order valence-corrected chi connectivity index (χ2v) is 5.65. The summed E-state index contributed by atoms with van der Waals surface area (Å²) >= 11 is 0. The highest BCUT2D eigenvalue weighted by Crippen LogP contribution is 2.17. The predicted octanol–water partition coefficient (Wildman–Crippen LogP) is 1.11. The van der Waals surface area contributed by atoms with E-state index in [4.69, 9.17) is 5.73 Å². The summed E-state index contributed by atoms with van der Waals surface area (Å²) in [6, 6.07) is 0. The summed E-state index contributed by atoms with van der Waals surface area (Å²) in [7, 11) is 1.92.